The van der Waals surface area contributed by atoms with E-state index in [0.717, 1.165) is 103 Å². The maximum Gasteiger partial charge on any atom is 0.242 e. The Kier molecular flexibility index (Phi) is 47.6. The van der Waals surface area contributed by atoms with Crippen molar-refractivity contribution in [1.82, 2.24) is 21.3 Å². The smallest absolute Gasteiger partial charge is 0.242 e. The molecule has 0 heterocycles. The summed E-state index contributed by atoms with van der Waals surface area (Å²) in [6, 6.07) is -1.06. The minimum absolute atomic E-state index is 0.0489. The summed E-state index contributed by atoms with van der Waals surface area (Å²) in [6.07, 6.45) is 49.8. The maximum absolute atomic E-state index is 13.1. The third kappa shape index (κ3) is 43.2. The number of unbranched alkanes of at least 4 members (excludes halogenated alkanes) is 27. The number of hydrogen-bond acceptors (Lipinski definition) is 6. The van der Waals surface area contributed by atoms with E-state index in [9.17, 15) is 19.2 Å². The average molecular weight is 901 g/mol. The van der Waals surface area contributed by atoms with Crippen molar-refractivity contribution in [2.45, 2.75) is 270 Å². The summed E-state index contributed by atoms with van der Waals surface area (Å²) in [5.41, 5.74) is 11.4. The van der Waals surface area contributed by atoms with Gasteiger partial charge in [0.05, 0.1) is 0 Å². The first kappa shape index (κ1) is 61.3. The van der Waals surface area contributed by atoms with Gasteiger partial charge in [0, 0.05) is 25.9 Å². The molecule has 0 aliphatic heterocycles. The molecule has 0 radical (unpaired) electrons. The molecule has 4 amide bonds. The molecule has 0 saturated carbocycles. The van der Waals surface area contributed by atoms with E-state index in [1.165, 1.54) is 116 Å². The lowest BCUT2D eigenvalue weighted by Crippen LogP contribution is -2.47. The second-order valence-corrected chi connectivity index (χ2v) is 18.5. The summed E-state index contributed by atoms with van der Waals surface area (Å²) in [7, 11) is 0. The van der Waals surface area contributed by atoms with Crippen LogP contribution in [-0.2, 0) is 19.2 Å². The molecule has 0 aliphatic rings. The van der Waals surface area contributed by atoms with E-state index >= 15 is 0 Å². The molecule has 0 fully saturated rings. The molecule has 0 aromatic heterocycles. The van der Waals surface area contributed by atoms with Crippen molar-refractivity contribution >= 4 is 23.6 Å². The standard InChI is InChI=1S/C54H104N6O4/c1-3-5-7-9-11-13-15-17-19-21-23-25-27-29-33-43-51(61)59-49(41-35-37-45-55)53(63)57-47-39-31-32-40-48-58-54(64)50(42-36-38-46-56)60-52(62)44-34-30-28-26-24-22-20-18-16-14-12-10-8-6-4-2/h17-20,49-50H,3-16,21-48,55-56H2,1-2H3,(H,57,63)(H,58,64)(H,59,61)(H,60,62)/b19-17-,20-18-. The quantitative estimate of drug-likeness (QED) is 0.0262. The largest absolute Gasteiger partial charge is 0.354 e. The lowest BCUT2D eigenvalue weighted by Gasteiger charge is -2.19. The van der Waals surface area contributed by atoms with Crippen molar-refractivity contribution in [2.75, 3.05) is 26.2 Å². The van der Waals surface area contributed by atoms with Gasteiger partial charge in [-0.2, -0.15) is 0 Å². The summed E-state index contributed by atoms with van der Waals surface area (Å²) < 4.78 is 0. The van der Waals surface area contributed by atoms with Crippen LogP contribution in [0.25, 0.3) is 0 Å². The minimum Gasteiger partial charge on any atom is -0.354 e. The van der Waals surface area contributed by atoms with Gasteiger partial charge in [-0.05, 0) is 129 Å². The zero-order valence-electron chi connectivity index (χ0n) is 42.0. The average Bonchev–Trinajstić information content (AvgIpc) is 3.29. The first-order chi connectivity index (χ1) is 31.4. The molecular weight excluding hydrogens is 797 g/mol. The summed E-state index contributed by atoms with van der Waals surface area (Å²) in [5.74, 6) is -0.344. The molecule has 0 saturated heterocycles. The van der Waals surface area contributed by atoms with Gasteiger partial charge in [-0.3, -0.25) is 19.2 Å². The minimum atomic E-state index is -0.530. The van der Waals surface area contributed by atoms with Gasteiger partial charge in [-0.1, -0.05) is 154 Å². The molecule has 0 spiro atoms. The van der Waals surface area contributed by atoms with Gasteiger partial charge in [0.25, 0.3) is 0 Å². The Morgan fingerprint density at radius 3 is 1.00 bits per heavy atom. The van der Waals surface area contributed by atoms with Crippen LogP contribution in [0.1, 0.15) is 258 Å². The van der Waals surface area contributed by atoms with Gasteiger partial charge in [-0.25, -0.2) is 0 Å². The van der Waals surface area contributed by atoms with Crippen LogP contribution in [0.15, 0.2) is 24.3 Å². The van der Waals surface area contributed by atoms with E-state index in [0.29, 0.717) is 51.9 Å². The van der Waals surface area contributed by atoms with Gasteiger partial charge >= 0.3 is 0 Å². The number of nitrogens with one attached hydrogen (secondary N) is 4. The second kappa shape index (κ2) is 49.7. The van der Waals surface area contributed by atoms with Crippen molar-refractivity contribution in [2.24, 2.45) is 11.5 Å². The molecule has 0 aromatic rings. The SMILES string of the molecule is CCCCCCCC/C=C\CCCCCCCC(=O)NC(CCCCN)C(=O)NCCCCCCNC(=O)C(CCCCN)NC(=O)CCCCCCC/C=C\CCCCCCCC. The Balaban J connectivity index is 4.23. The Hall–Kier alpha value is -2.72. The van der Waals surface area contributed by atoms with Gasteiger partial charge < -0.3 is 32.7 Å². The van der Waals surface area contributed by atoms with Gasteiger partial charge in [0.15, 0.2) is 0 Å². The number of amides is 4. The molecular formula is C54H104N6O4. The summed E-state index contributed by atoms with van der Waals surface area (Å²) in [4.78, 5) is 51.7. The lowest BCUT2D eigenvalue weighted by molar-refractivity contribution is -0.129. The lowest BCUT2D eigenvalue weighted by atomic mass is 10.1. The van der Waals surface area contributed by atoms with Crippen LogP contribution in [-0.4, -0.2) is 61.9 Å². The predicted molar refractivity (Wildman–Crippen MR) is 273 cm³/mol. The van der Waals surface area contributed by atoms with Gasteiger partial charge in [0.2, 0.25) is 23.6 Å². The zero-order valence-corrected chi connectivity index (χ0v) is 42.0. The van der Waals surface area contributed by atoms with E-state index in [4.69, 9.17) is 11.5 Å². The molecule has 10 heteroatoms. The molecule has 10 nitrogen and oxygen atoms in total. The molecule has 8 N–H and O–H groups in total. The fourth-order valence-electron chi connectivity index (χ4n) is 8.04. The summed E-state index contributed by atoms with van der Waals surface area (Å²) in [5, 5.41) is 12.1. The van der Waals surface area contributed by atoms with Crippen molar-refractivity contribution in [3.05, 3.63) is 24.3 Å². The summed E-state index contributed by atoms with van der Waals surface area (Å²) >= 11 is 0. The third-order valence-corrected chi connectivity index (χ3v) is 12.2. The van der Waals surface area contributed by atoms with E-state index < -0.39 is 12.1 Å². The van der Waals surface area contributed by atoms with Crippen molar-refractivity contribution < 1.29 is 19.2 Å². The Morgan fingerprint density at radius 1 is 0.375 bits per heavy atom. The van der Waals surface area contributed by atoms with Gasteiger partial charge in [-0.15, -0.1) is 0 Å². The van der Waals surface area contributed by atoms with Crippen LogP contribution in [0.2, 0.25) is 0 Å². The molecule has 2 atom stereocenters. The van der Waals surface area contributed by atoms with Crippen LogP contribution in [0, 0.1) is 0 Å². The Labute approximate surface area is 394 Å². The van der Waals surface area contributed by atoms with Crippen LogP contribution in [0.3, 0.4) is 0 Å². The highest BCUT2D eigenvalue weighted by atomic mass is 16.2. The fraction of sp³-hybridized carbons (Fsp3) is 0.852. The highest BCUT2D eigenvalue weighted by molar-refractivity contribution is 5.88. The van der Waals surface area contributed by atoms with Crippen molar-refractivity contribution in [3.63, 3.8) is 0 Å². The molecule has 0 aromatic carbocycles. The Morgan fingerprint density at radius 2 is 0.672 bits per heavy atom. The second-order valence-electron chi connectivity index (χ2n) is 18.5. The van der Waals surface area contributed by atoms with Crippen LogP contribution >= 0.6 is 0 Å². The molecule has 2 unspecified atom stereocenters. The van der Waals surface area contributed by atoms with Gasteiger partial charge in [0.1, 0.15) is 12.1 Å². The number of hydrogen-bond donors (Lipinski definition) is 6. The van der Waals surface area contributed by atoms with Crippen molar-refractivity contribution in [3.8, 4) is 0 Å². The van der Waals surface area contributed by atoms with Crippen LogP contribution < -0.4 is 32.7 Å². The number of rotatable bonds is 49. The van der Waals surface area contributed by atoms with E-state index in [1.54, 1.807) is 0 Å². The number of carbonyl (C=O) groups excluding carboxylic acids is 4. The molecule has 0 bridgehead atoms. The highest BCUT2D eigenvalue weighted by Gasteiger charge is 2.21. The van der Waals surface area contributed by atoms with E-state index in [2.05, 4.69) is 59.4 Å². The molecule has 64 heavy (non-hydrogen) atoms. The first-order valence-electron chi connectivity index (χ1n) is 27.2. The van der Waals surface area contributed by atoms with Crippen molar-refractivity contribution in [1.29, 1.82) is 0 Å². The predicted octanol–water partition coefficient (Wildman–Crippen LogP) is 12.1. The molecule has 0 rings (SSSR count). The Bertz CT molecular complexity index is 1050. The maximum atomic E-state index is 13.1. The zero-order chi connectivity index (χ0) is 46.8. The topological polar surface area (TPSA) is 168 Å². The normalized spacial score (nSPS) is 12.5. The molecule has 374 valence electrons. The van der Waals surface area contributed by atoms with E-state index in [-0.39, 0.29) is 23.6 Å². The first-order valence-corrected chi connectivity index (χ1v) is 27.2. The van der Waals surface area contributed by atoms with Crippen LogP contribution in [0.4, 0.5) is 0 Å². The third-order valence-electron chi connectivity index (χ3n) is 12.2. The summed E-state index contributed by atoms with van der Waals surface area (Å²) in [6.45, 7) is 6.76. The fourth-order valence-corrected chi connectivity index (χ4v) is 8.04. The highest BCUT2D eigenvalue weighted by Crippen LogP contribution is 2.13. The molecule has 0 aliphatic carbocycles. The number of nitrogens with two attached hydrogens (primary N) is 2. The monoisotopic (exact) mass is 901 g/mol. The van der Waals surface area contributed by atoms with Crippen LogP contribution in [0.5, 0.6) is 0 Å². The number of allylic oxidation sites excluding steroid dienone is 4. The van der Waals surface area contributed by atoms with E-state index in [1.807, 2.05) is 0 Å². The number of carbonyl (C=O) groups is 4.